The summed E-state index contributed by atoms with van der Waals surface area (Å²) in [6.45, 7) is 5.16. The highest BCUT2D eigenvalue weighted by Crippen LogP contribution is 2.28. The van der Waals surface area contributed by atoms with Gasteiger partial charge in [-0.15, -0.1) is 0 Å². The number of allylic oxidation sites excluding steroid dienone is 4. The molecule has 0 radical (unpaired) electrons. The lowest BCUT2D eigenvalue weighted by molar-refractivity contribution is 0.285. The van der Waals surface area contributed by atoms with Crippen molar-refractivity contribution >= 4 is 11.2 Å². The maximum absolute atomic E-state index is 13.8. The molecule has 0 aromatic carbocycles. The standard InChI is InChI=1S/C22H24FN5O/c1-3-4-10-29-22-25-15(2)19-21(27-22)28(14-16-8-6-5-7-9-16)20(26-19)17-11-18(23)13-24-12-17/h6,8-9,11-13H,3-5,7,10,14H2,1-2H3. The van der Waals surface area contributed by atoms with Gasteiger partial charge in [-0.25, -0.2) is 9.37 Å². The third kappa shape index (κ3) is 4.18. The zero-order valence-corrected chi connectivity index (χ0v) is 16.7. The molecule has 6 nitrogen and oxygen atoms in total. The van der Waals surface area contributed by atoms with Gasteiger partial charge in [0.25, 0.3) is 0 Å². The molecular formula is C22H24FN5O. The van der Waals surface area contributed by atoms with Crippen molar-refractivity contribution in [2.75, 3.05) is 6.61 Å². The third-order valence-corrected chi connectivity index (χ3v) is 4.85. The van der Waals surface area contributed by atoms with E-state index >= 15 is 0 Å². The smallest absolute Gasteiger partial charge is 0.318 e. The summed E-state index contributed by atoms with van der Waals surface area (Å²) in [6.07, 6.45) is 13.3. The summed E-state index contributed by atoms with van der Waals surface area (Å²) in [5, 5.41) is 0. The van der Waals surface area contributed by atoms with Gasteiger partial charge in [-0.3, -0.25) is 4.98 Å². The quantitative estimate of drug-likeness (QED) is 0.540. The van der Waals surface area contributed by atoms with Crippen molar-refractivity contribution in [2.45, 2.75) is 46.1 Å². The van der Waals surface area contributed by atoms with E-state index in [0.29, 0.717) is 41.7 Å². The first-order valence-electron chi connectivity index (χ1n) is 10.00. The minimum atomic E-state index is -0.399. The number of fused-ring (bicyclic) bond motifs is 1. The zero-order valence-electron chi connectivity index (χ0n) is 16.7. The lowest BCUT2D eigenvalue weighted by atomic mass is 10.1. The molecule has 0 saturated carbocycles. The number of aryl methyl sites for hydroxylation is 1. The van der Waals surface area contributed by atoms with Crippen LogP contribution in [0.15, 0.2) is 42.3 Å². The molecule has 29 heavy (non-hydrogen) atoms. The van der Waals surface area contributed by atoms with E-state index in [4.69, 9.17) is 9.72 Å². The summed E-state index contributed by atoms with van der Waals surface area (Å²) < 4.78 is 21.6. The number of hydrogen-bond donors (Lipinski definition) is 0. The fraction of sp³-hybridized carbons (Fsp3) is 0.364. The van der Waals surface area contributed by atoms with Gasteiger partial charge in [-0.05, 0) is 37.8 Å². The predicted octanol–water partition coefficient (Wildman–Crippen LogP) is 4.79. The van der Waals surface area contributed by atoms with Crippen LogP contribution in [-0.4, -0.2) is 31.1 Å². The van der Waals surface area contributed by atoms with E-state index in [1.165, 1.54) is 17.8 Å². The lowest BCUT2D eigenvalue weighted by Crippen LogP contribution is -2.07. The molecule has 1 aliphatic carbocycles. The van der Waals surface area contributed by atoms with Gasteiger partial charge in [0.15, 0.2) is 5.65 Å². The van der Waals surface area contributed by atoms with E-state index in [9.17, 15) is 4.39 Å². The minimum absolute atomic E-state index is 0.349. The van der Waals surface area contributed by atoms with E-state index in [1.807, 2.05) is 11.5 Å². The largest absolute Gasteiger partial charge is 0.463 e. The summed E-state index contributed by atoms with van der Waals surface area (Å²) in [4.78, 5) is 17.8. The first-order valence-corrected chi connectivity index (χ1v) is 10.00. The first kappa shape index (κ1) is 19.2. The van der Waals surface area contributed by atoms with Gasteiger partial charge in [-0.2, -0.15) is 9.97 Å². The van der Waals surface area contributed by atoms with E-state index in [0.717, 1.165) is 31.4 Å². The molecule has 0 fully saturated rings. The average molecular weight is 393 g/mol. The fourth-order valence-electron chi connectivity index (χ4n) is 3.36. The Bertz CT molecular complexity index is 1090. The monoisotopic (exact) mass is 393 g/mol. The molecule has 0 saturated heterocycles. The topological polar surface area (TPSA) is 65.7 Å². The van der Waals surface area contributed by atoms with E-state index in [1.54, 1.807) is 6.20 Å². The molecule has 0 unspecified atom stereocenters. The highest BCUT2D eigenvalue weighted by atomic mass is 19.1. The second-order valence-electron chi connectivity index (χ2n) is 7.14. The highest BCUT2D eigenvalue weighted by Gasteiger charge is 2.19. The normalized spacial score (nSPS) is 13.7. The Labute approximate surface area is 169 Å². The van der Waals surface area contributed by atoms with Gasteiger partial charge in [0.05, 0.1) is 25.0 Å². The SMILES string of the molecule is CCCCOc1nc(C)c2nc(-c3cncc(F)c3)n(CC3=CCCC=C3)c2n1. The molecule has 7 heteroatoms. The molecule has 150 valence electrons. The molecule has 4 rings (SSSR count). The highest BCUT2D eigenvalue weighted by molar-refractivity contribution is 5.79. The van der Waals surface area contributed by atoms with Crippen LogP contribution < -0.4 is 4.74 Å². The predicted molar refractivity (Wildman–Crippen MR) is 110 cm³/mol. The van der Waals surface area contributed by atoms with Crippen molar-refractivity contribution < 1.29 is 9.13 Å². The molecule has 0 spiro atoms. The van der Waals surface area contributed by atoms with Gasteiger partial charge in [-0.1, -0.05) is 31.6 Å². The summed E-state index contributed by atoms with van der Waals surface area (Å²) in [5.74, 6) is 0.222. The van der Waals surface area contributed by atoms with Gasteiger partial charge in [0.1, 0.15) is 17.2 Å². The van der Waals surface area contributed by atoms with Crippen LogP contribution in [0.25, 0.3) is 22.6 Å². The number of nitrogens with zero attached hydrogens (tertiary/aromatic N) is 5. The van der Waals surface area contributed by atoms with E-state index < -0.39 is 5.82 Å². The van der Waals surface area contributed by atoms with Crippen LogP contribution >= 0.6 is 0 Å². The van der Waals surface area contributed by atoms with Crippen LogP contribution in [0.5, 0.6) is 6.01 Å². The zero-order chi connectivity index (χ0) is 20.2. The van der Waals surface area contributed by atoms with Gasteiger partial charge >= 0.3 is 6.01 Å². The molecule has 0 bridgehead atoms. The summed E-state index contributed by atoms with van der Waals surface area (Å²) >= 11 is 0. The maximum Gasteiger partial charge on any atom is 0.318 e. The summed E-state index contributed by atoms with van der Waals surface area (Å²) in [6, 6.07) is 1.79. The minimum Gasteiger partial charge on any atom is -0.463 e. The molecule has 1 aliphatic rings. The maximum atomic E-state index is 13.8. The number of ether oxygens (including phenoxy) is 1. The van der Waals surface area contributed by atoms with Crippen molar-refractivity contribution in [2.24, 2.45) is 0 Å². The Balaban J connectivity index is 1.84. The third-order valence-electron chi connectivity index (χ3n) is 4.85. The molecule has 3 heterocycles. The van der Waals surface area contributed by atoms with Gasteiger partial charge in [0, 0.05) is 11.8 Å². The average Bonchev–Trinajstić information content (AvgIpc) is 3.08. The Morgan fingerprint density at radius 1 is 1.17 bits per heavy atom. The van der Waals surface area contributed by atoms with Crippen LogP contribution in [0.3, 0.4) is 0 Å². The van der Waals surface area contributed by atoms with Crippen LogP contribution in [-0.2, 0) is 6.54 Å². The summed E-state index contributed by atoms with van der Waals surface area (Å²) in [5.41, 5.74) is 3.89. The Kier molecular flexibility index (Phi) is 5.64. The van der Waals surface area contributed by atoms with Gasteiger partial charge < -0.3 is 9.30 Å². The van der Waals surface area contributed by atoms with Crippen LogP contribution in [0, 0.1) is 12.7 Å². The Hall–Kier alpha value is -3.09. The Morgan fingerprint density at radius 2 is 2.07 bits per heavy atom. The van der Waals surface area contributed by atoms with Crippen molar-refractivity contribution in [3.8, 4) is 17.4 Å². The number of halogens is 1. The molecule has 0 aliphatic heterocycles. The summed E-state index contributed by atoms with van der Waals surface area (Å²) in [7, 11) is 0. The molecule has 0 N–H and O–H groups in total. The van der Waals surface area contributed by atoms with E-state index in [-0.39, 0.29) is 0 Å². The number of hydrogen-bond acceptors (Lipinski definition) is 5. The number of unbranched alkanes of at least 4 members (excludes halogenated alkanes) is 1. The van der Waals surface area contributed by atoms with Gasteiger partial charge in [0.2, 0.25) is 0 Å². The Morgan fingerprint density at radius 3 is 2.83 bits per heavy atom. The lowest BCUT2D eigenvalue weighted by Gasteiger charge is -2.12. The number of rotatable bonds is 7. The number of imidazole rings is 1. The molecule has 3 aromatic heterocycles. The number of pyridine rings is 1. The second kappa shape index (κ2) is 8.51. The van der Waals surface area contributed by atoms with Crippen LogP contribution in [0.4, 0.5) is 4.39 Å². The van der Waals surface area contributed by atoms with Crippen molar-refractivity contribution in [1.29, 1.82) is 0 Å². The molecular weight excluding hydrogens is 369 g/mol. The fourth-order valence-corrected chi connectivity index (χ4v) is 3.36. The molecule has 0 amide bonds. The second-order valence-corrected chi connectivity index (χ2v) is 7.14. The van der Waals surface area contributed by atoms with Crippen molar-refractivity contribution in [1.82, 2.24) is 24.5 Å². The van der Waals surface area contributed by atoms with Crippen LogP contribution in [0.2, 0.25) is 0 Å². The first-order chi connectivity index (χ1) is 14.2. The van der Waals surface area contributed by atoms with E-state index in [2.05, 4.69) is 40.1 Å². The molecule has 0 atom stereocenters. The van der Waals surface area contributed by atoms with Crippen molar-refractivity contribution in [3.63, 3.8) is 0 Å². The number of aromatic nitrogens is 5. The van der Waals surface area contributed by atoms with Crippen molar-refractivity contribution in [3.05, 3.63) is 53.8 Å². The molecule has 3 aromatic rings. The van der Waals surface area contributed by atoms with Crippen LogP contribution in [0.1, 0.15) is 38.3 Å².